The molecule has 2 heterocycles. The van der Waals surface area contributed by atoms with Gasteiger partial charge in [-0.3, -0.25) is 0 Å². The molecule has 1 saturated carbocycles. The molecule has 1 spiro atoms. The maximum atomic E-state index is 10.7. The summed E-state index contributed by atoms with van der Waals surface area (Å²) < 4.78 is 11.8. The van der Waals surface area contributed by atoms with Crippen molar-refractivity contribution >= 4 is 0 Å². The van der Waals surface area contributed by atoms with Gasteiger partial charge in [-0.2, -0.15) is 0 Å². The summed E-state index contributed by atoms with van der Waals surface area (Å²) in [6, 6.07) is 0. The van der Waals surface area contributed by atoms with Crippen LogP contribution in [0.25, 0.3) is 0 Å². The van der Waals surface area contributed by atoms with Crippen molar-refractivity contribution in [3.05, 3.63) is 0 Å². The third kappa shape index (κ3) is 2.84. The molecule has 0 bridgehead atoms. The Labute approximate surface area is 116 Å². The fourth-order valence-electron chi connectivity index (χ4n) is 4.45. The highest BCUT2D eigenvalue weighted by molar-refractivity contribution is 4.94. The van der Waals surface area contributed by atoms with Gasteiger partial charge in [0, 0.05) is 19.1 Å². The predicted octanol–water partition coefficient (Wildman–Crippen LogP) is 2.90. The average molecular weight is 268 g/mol. The quantitative estimate of drug-likeness (QED) is 0.837. The Morgan fingerprint density at radius 2 is 1.89 bits per heavy atom. The van der Waals surface area contributed by atoms with E-state index in [2.05, 4.69) is 6.92 Å². The van der Waals surface area contributed by atoms with Gasteiger partial charge in [-0.05, 0) is 44.9 Å². The highest BCUT2D eigenvalue weighted by atomic mass is 16.5. The monoisotopic (exact) mass is 268 g/mol. The SMILES string of the molecule is CC1OCCC1C(O)C1CCOC2(CCCCC2)C1. The van der Waals surface area contributed by atoms with E-state index in [1.54, 1.807) is 0 Å². The van der Waals surface area contributed by atoms with Crippen LogP contribution in [0, 0.1) is 11.8 Å². The summed E-state index contributed by atoms with van der Waals surface area (Å²) in [6.45, 7) is 3.76. The Morgan fingerprint density at radius 3 is 2.58 bits per heavy atom. The molecule has 0 aromatic heterocycles. The van der Waals surface area contributed by atoms with Crippen LogP contribution in [0.5, 0.6) is 0 Å². The molecule has 0 aromatic carbocycles. The van der Waals surface area contributed by atoms with Gasteiger partial charge in [0.25, 0.3) is 0 Å². The van der Waals surface area contributed by atoms with Crippen LogP contribution < -0.4 is 0 Å². The first-order chi connectivity index (χ1) is 9.20. The first kappa shape index (κ1) is 13.8. The Kier molecular flexibility index (Phi) is 4.16. The summed E-state index contributed by atoms with van der Waals surface area (Å²) in [5.74, 6) is 0.754. The maximum absolute atomic E-state index is 10.7. The minimum atomic E-state index is -0.194. The van der Waals surface area contributed by atoms with Gasteiger partial charge in [0.1, 0.15) is 0 Å². The van der Waals surface area contributed by atoms with E-state index in [1.807, 2.05) is 0 Å². The molecule has 4 unspecified atom stereocenters. The van der Waals surface area contributed by atoms with Crippen LogP contribution in [0.2, 0.25) is 0 Å². The number of ether oxygens (including phenoxy) is 2. The number of aliphatic hydroxyl groups excluding tert-OH is 1. The van der Waals surface area contributed by atoms with Crippen LogP contribution in [0.4, 0.5) is 0 Å². The molecular formula is C16H28O3. The van der Waals surface area contributed by atoms with Crippen LogP contribution >= 0.6 is 0 Å². The third-order valence-corrected chi connectivity index (χ3v) is 5.65. The lowest BCUT2D eigenvalue weighted by molar-refractivity contribution is -0.141. The molecule has 110 valence electrons. The minimum absolute atomic E-state index is 0.102. The van der Waals surface area contributed by atoms with Crippen LogP contribution in [0.15, 0.2) is 0 Å². The largest absolute Gasteiger partial charge is 0.392 e. The molecule has 0 aromatic rings. The van der Waals surface area contributed by atoms with E-state index in [0.717, 1.165) is 32.5 Å². The first-order valence-electron chi connectivity index (χ1n) is 8.14. The summed E-state index contributed by atoms with van der Waals surface area (Å²) in [6.07, 6.45) is 9.49. The zero-order valence-electron chi connectivity index (χ0n) is 12.1. The summed E-state index contributed by atoms with van der Waals surface area (Å²) in [5.41, 5.74) is 0.102. The fraction of sp³-hybridized carbons (Fsp3) is 1.00. The summed E-state index contributed by atoms with van der Waals surface area (Å²) in [4.78, 5) is 0. The maximum Gasteiger partial charge on any atom is 0.0686 e. The molecule has 2 saturated heterocycles. The Hall–Kier alpha value is -0.120. The fourth-order valence-corrected chi connectivity index (χ4v) is 4.45. The first-order valence-corrected chi connectivity index (χ1v) is 8.14. The van der Waals surface area contributed by atoms with Crippen molar-refractivity contribution in [2.45, 2.75) is 76.1 Å². The van der Waals surface area contributed by atoms with Crippen LogP contribution in [-0.4, -0.2) is 36.1 Å². The van der Waals surface area contributed by atoms with Gasteiger partial charge in [-0.25, -0.2) is 0 Å². The van der Waals surface area contributed by atoms with Crippen LogP contribution in [-0.2, 0) is 9.47 Å². The second-order valence-electron chi connectivity index (χ2n) is 6.86. The van der Waals surface area contributed by atoms with Gasteiger partial charge in [-0.1, -0.05) is 19.3 Å². The molecule has 4 atom stereocenters. The lowest BCUT2D eigenvalue weighted by Crippen LogP contribution is -2.46. The Balaban J connectivity index is 1.64. The van der Waals surface area contributed by atoms with Crippen molar-refractivity contribution in [3.63, 3.8) is 0 Å². The van der Waals surface area contributed by atoms with E-state index in [4.69, 9.17) is 9.47 Å². The molecule has 3 nitrogen and oxygen atoms in total. The van der Waals surface area contributed by atoms with E-state index >= 15 is 0 Å². The van der Waals surface area contributed by atoms with E-state index < -0.39 is 0 Å². The van der Waals surface area contributed by atoms with Gasteiger partial charge in [0.15, 0.2) is 0 Å². The second kappa shape index (κ2) is 5.71. The lowest BCUT2D eigenvalue weighted by atomic mass is 9.72. The van der Waals surface area contributed by atoms with Crippen molar-refractivity contribution in [2.24, 2.45) is 11.8 Å². The number of hydrogen-bond donors (Lipinski definition) is 1. The standard InChI is InChI=1S/C16H28O3/c1-12-14(6-9-18-12)15(17)13-5-10-19-16(11-13)7-3-2-4-8-16/h12-15,17H,2-11H2,1H3. The zero-order chi connectivity index (χ0) is 13.3. The normalized spacial score (nSPS) is 40.4. The molecular weight excluding hydrogens is 240 g/mol. The molecule has 0 amide bonds. The van der Waals surface area contributed by atoms with E-state index in [0.29, 0.717) is 11.8 Å². The van der Waals surface area contributed by atoms with E-state index in [-0.39, 0.29) is 17.8 Å². The van der Waals surface area contributed by atoms with Crippen molar-refractivity contribution in [1.82, 2.24) is 0 Å². The Morgan fingerprint density at radius 1 is 1.11 bits per heavy atom. The molecule has 3 rings (SSSR count). The van der Waals surface area contributed by atoms with Crippen LogP contribution in [0.1, 0.15) is 58.3 Å². The molecule has 0 radical (unpaired) electrons. The van der Waals surface area contributed by atoms with Crippen molar-refractivity contribution in [1.29, 1.82) is 0 Å². The highest BCUT2D eigenvalue weighted by Crippen LogP contribution is 2.43. The van der Waals surface area contributed by atoms with Crippen molar-refractivity contribution in [3.8, 4) is 0 Å². The smallest absolute Gasteiger partial charge is 0.0686 e. The predicted molar refractivity (Wildman–Crippen MR) is 74.0 cm³/mol. The minimum Gasteiger partial charge on any atom is -0.392 e. The van der Waals surface area contributed by atoms with Gasteiger partial charge >= 0.3 is 0 Å². The summed E-state index contributed by atoms with van der Waals surface area (Å²) in [7, 11) is 0. The molecule has 3 aliphatic rings. The van der Waals surface area contributed by atoms with Gasteiger partial charge in [0.05, 0.1) is 17.8 Å². The Bertz CT molecular complexity index is 293. The van der Waals surface area contributed by atoms with Gasteiger partial charge in [0.2, 0.25) is 0 Å². The van der Waals surface area contributed by atoms with E-state index in [9.17, 15) is 5.11 Å². The highest BCUT2D eigenvalue weighted by Gasteiger charge is 2.43. The molecule has 2 aliphatic heterocycles. The number of rotatable bonds is 2. The third-order valence-electron chi connectivity index (χ3n) is 5.65. The second-order valence-corrected chi connectivity index (χ2v) is 6.86. The van der Waals surface area contributed by atoms with E-state index in [1.165, 1.54) is 32.1 Å². The molecule has 3 fully saturated rings. The van der Waals surface area contributed by atoms with Crippen molar-refractivity contribution in [2.75, 3.05) is 13.2 Å². The molecule has 19 heavy (non-hydrogen) atoms. The zero-order valence-corrected chi connectivity index (χ0v) is 12.1. The topological polar surface area (TPSA) is 38.7 Å². The summed E-state index contributed by atoms with van der Waals surface area (Å²) in [5, 5.41) is 10.7. The molecule has 1 aliphatic carbocycles. The average Bonchev–Trinajstić information content (AvgIpc) is 2.85. The lowest BCUT2D eigenvalue weighted by Gasteiger charge is -2.45. The molecule has 1 N–H and O–H groups in total. The van der Waals surface area contributed by atoms with Gasteiger partial charge in [-0.15, -0.1) is 0 Å². The summed E-state index contributed by atoms with van der Waals surface area (Å²) >= 11 is 0. The molecule has 3 heteroatoms. The number of hydrogen-bond acceptors (Lipinski definition) is 3. The van der Waals surface area contributed by atoms with Crippen LogP contribution in [0.3, 0.4) is 0 Å². The van der Waals surface area contributed by atoms with Crippen molar-refractivity contribution < 1.29 is 14.6 Å². The number of aliphatic hydroxyl groups is 1. The van der Waals surface area contributed by atoms with Gasteiger partial charge < -0.3 is 14.6 Å².